The average Bonchev–Trinajstić information content (AvgIpc) is 2.72. The maximum absolute atomic E-state index is 5.61. The van der Waals surface area contributed by atoms with Crippen molar-refractivity contribution in [2.45, 2.75) is 6.54 Å². The van der Waals surface area contributed by atoms with Crippen LogP contribution in [-0.2, 0) is 6.54 Å². The summed E-state index contributed by atoms with van der Waals surface area (Å²) in [6.07, 6.45) is 1.52. The molecule has 0 spiro atoms. The van der Waals surface area contributed by atoms with Crippen LogP contribution in [0, 0.1) is 0 Å². The van der Waals surface area contributed by atoms with Crippen LogP contribution in [0.4, 0.5) is 17.3 Å². The maximum Gasteiger partial charge on any atom is 0.163 e. The number of fused-ring (bicyclic) bond motifs is 1. The fraction of sp³-hybridized carbons (Fsp3) is 0.200. The Kier molecular flexibility index (Phi) is 4.91. The minimum atomic E-state index is 0.557. The number of ether oxygens (including phenoxy) is 3. The Hall–Kier alpha value is -3.48. The molecule has 0 radical (unpaired) electrons. The molecule has 0 atom stereocenters. The summed E-state index contributed by atoms with van der Waals surface area (Å²) < 4.78 is 16.5. The van der Waals surface area contributed by atoms with E-state index in [0.717, 1.165) is 34.3 Å². The lowest BCUT2D eigenvalue weighted by molar-refractivity contribution is 0.171. The first-order chi connectivity index (χ1) is 13.3. The molecule has 0 unspecified atom stereocenters. The largest absolute Gasteiger partial charge is 0.496 e. The van der Waals surface area contributed by atoms with Gasteiger partial charge >= 0.3 is 0 Å². The molecule has 3 aromatic rings. The molecule has 0 bridgehead atoms. The van der Waals surface area contributed by atoms with Crippen molar-refractivity contribution in [3.05, 3.63) is 60.4 Å². The van der Waals surface area contributed by atoms with Crippen molar-refractivity contribution in [2.75, 3.05) is 31.0 Å². The highest BCUT2D eigenvalue weighted by molar-refractivity contribution is 5.63. The molecule has 0 saturated heterocycles. The van der Waals surface area contributed by atoms with E-state index in [1.165, 1.54) is 6.33 Å². The zero-order chi connectivity index (χ0) is 18.5. The first-order valence-corrected chi connectivity index (χ1v) is 8.66. The molecule has 2 N–H and O–H groups in total. The highest BCUT2D eigenvalue weighted by Gasteiger charge is 2.12. The lowest BCUT2D eigenvalue weighted by atomic mass is 10.2. The summed E-state index contributed by atoms with van der Waals surface area (Å²) in [4.78, 5) is 8.55. The second-order valence-electron chi connectivity index (χ2n) is 5.94. The molecule has 0 fully saturated rings. The van der Waals surface area contributed by atoms with Gasteiger partial charge in [-0.05, 0) is 18.2 Å². The lowest BCUT2D eigenvalue weighted by Gasteiger charge is -2.19. The molecule has 7 nitrogen and oxygen atoms in total. The van der Waals surface area contributed by atoms with Crippen LogP contribution >= 0.6 is 0 Å². The van der Waals surface area contributed by atoms with Gasteiger partial charge in [-0.25, -0.2) is 9.97 Å². The highest BCUT2D eigenvalue weighted by Crippen LogP contribution is 2.33. The molecule has 0 aliphatic carbocycles. The van der Waals surface area contributed by atoms with Gasteiger partial charge in [0.2, 0.25) is 0 Å². The molecular formula is C20H20N4O3. The molecule has 4 rings (SSSR count). The fourth-order valence-electron chi connectivity index (χ4n) is 2.83. The smallest absolute Gasteiger partial charge is 0.163 e. The number of hydrogen-bond donors (Lipinski definition) is 2. The number of nitrogens with one attached hydrogen (secondary N) is 2. The van der Waals surface area contributed by atoms with Crippen molar-refractivity contribution in [1.82, 2.24) is 9.97 Å². The zero-order valence-electron chi connectivity index (χ0n) is 14.9. The number of para-hydroxylation sites is 1. The molecule has 7 heteroatoms. The minimum Gasteiger partial charge on any atom is -0.496 e. The number of aromatic nitrogens is 2. The van der Waals surface area contributed by atoms with Gasteiger partial charge in [0.05, 0.1) is 7.11 Å². The van der Waals surface area contributed by atoms with Crippen LogP contribution < -0.4 is 24.8 Å². The van der Waals surface area contributed by atoms with E-state index >= 15 is 0 Å². The van der Waals surface area contributed by atoms with Gasteiger partial charge in [0.15, 0.2) is 11.5 Å². The molecule has 1 aliphatic heterocycles. The summed E-state index contributed by atoms with van der Waals surface area (Å²) in [5, 5.41) is 6.56. The summed E-state index contributed by atoms with van der Waals surface area (Å²) in [6.45, 7) is 1.73. The molecule has 2 heterocycles. The van der Waals surface area contributed by atoms with E-state index in [1.54, 1.807) is 7.11 Å². The van der Waals surface area contributed by atoms with Gasteiger partial charge in [-0.15, -0.1) is 0 Å². The van der Waals surface area contributed by atoms with E-state index in [1.807, 2.05) is 48.5 Å². The van der Waals surface area contributed by atoms with Crippen molar-refractivity contribution in [3.8, 4) is 17.2 Å². The quantitative estimate of drug-likeness (QED) is 0.692. The molecule has 0 amide bonds. The standard InChI is InChI=1S/C20H20N4O3/c1-25-16-5-3-2-4-14(16)12-21-19-11-20(23-13-22-19)24-15-6-7-17-18(10-15)27-9-8-26-17/h2-7,10-11,13H,8-9,12H2,1H3,(H2,21,22,23,24). The van der Waals surface area contributed by atoms with Crippen LogP contribution in [0.1, 0.15) is 5.56 Å². The van der Waals surface area contributed by atoms with Crippen molar-refractivity contribution in [2.24, 2.45) is 0 Å². The predicted molar refractivity (Wildman–Crippen MR) is 103 cm³/mol. The number of rotatable bonds is 6. The lowest BCUT2D eigenvalue weighted by Crippen LogP contribution is -2.15. The van der Waals surface area contributed by atoms with Gasteiger partial charge in [0.25, 0.3) is 0 Å². The monoisotopic (exact) mass is 364 g/mol. The first-order valence-electron chi connectivity index (χ1n) is 8.66. The van der Waals surface area contributed by atoms with Gasteiger partial charge < -0.3 is 24.8 Å². The molecule has 1 aliphatic rings. The minimum absolute atomic E-state index is 0.557. The average molecular weight is 364 g/mol. The summed E-state index contributed by atoms with van der Waals surface area (Å²) in [7, 11) is 1.67. The first kappa shape index (κ1) is 17.0. The van der Waals surface area contributed by atoms with Crippen LogP contribution in [0.15, 0.2) is 54.9 Å². The van der Waals surface area contributed by atoms with Gasteiger partial charge in [-0.3, -0.25) is 0 Å². The summed E-state index contributed by atoms with van der Waals surface area (Å²) in [5.41, 5.74) is 1.92. The number of anilines is 3. The molecule has 27 heavy (non-hydrogen) atoms. The summed E-state index contributed by atoms with van der Waals surface area (Å²) in [5.74, 6) is 3.73. The topological polar surface area (TPSA) is 77.5 Å². The Morgan fingerprint density at radius 1 is 0.963 bits per heavy atom. The number of benzene rings is 2. The fourth-order valence-corrected chi connectivity index (χ4v) is 2.83. The Morgan fingerprint density at radius 3 is 2.67 bits per heavy atom. The number of hydrogen-bond acceptors (Lipinski definition) is 7. The molecular weight excluding hydrogens is 344 g/mol. The van der Waals surface area contributed by atoms with Crippen molar-refractivity contribution in [1.29, 1.82) is 0 Å². The maximum atomic E-state index is 5.61. The summed E-state index contributed by atoms with van der Waals surface area (Å²) >= 11 is 0. The van der Waals surface area contributed by atoms with Crippen LogP contribution in [0.2, 0.25) is 0 Å². The third-order valence-electron chi connectivity index (χ3n) is 4.13. The van der Waals surface area contributed by atoms with Crippen molar-refractivity contribution < 1.29 is 14.2 Å². The van der Waals surface area contributed by atoms with Gasteiger partial charge in [0.1, 0.15) is 36.9 Å². The van der Waals surface area contributed by atoms with E-state index in [9.17, 15) is 0 Å². The number of methoxy groups -OCH3 is 1. The van der Waals surface area contributed by atoms with E-state index in [0.29, 0.717) is 25.6 Å². The van der Waals surface area contributed by atoms with Crippen LogP contribution in [0.3, 0.4) is 0 Å². The van der Waals surface area contributed by atoms with Crippen LogP contribution in [0.25, 0.3) is 0 Å². The van der Waals surface area contributed by atoms with Gasteiger partial charge in [-0.2, -0.15) is 0 Å². The van der Waals surface area contributed by atoms with Gasteiger partial charge in [0, 0.05) is 29.9 Å². The van der Waals surface area contributed by atoms with Crippen molar-refractivity contribution in [3.63, 3.8) is 0 Å². The molecule has 0 saturated carbocycles. The van der Waals surface area contributed by atoms with Crippen molar-refractivity contribution >= 4 is 17.3 Å². The Balaban J connectivity index is 1.45. The Bertz CT molecular complexity index is 933. The predicted octanol–water partition coefficient (Wildman–Crippen LogP) is 3.61. The zero-order valence-corrected chi connectivity index (χ0v) is 14.9. The van der Waals surface area contributed by atoms with E-state index in [4.69, 9.17) is 14.2 Å². The third-order valence-corrected chi connectivity index (χ3v) is 4.13. The van der Waals surface area contributed by atoms with E-state index in [2.05, 4.69) is 20.6 Å². The summed E-state index contributed by atoms with van der Waals surface area (Å²) in [6, 6.07) is 15.4. The molecule has 2 aromatic carbocycles. The normalized spacial score (nSPS) is 12.3. The molecule has 138 valence electrons. The second kappa shape index (κ2) is 7.82. The van der Waals surface area contributed by atoms with E-state index in [-0.39, 0.29) is 0 Å². The SMILES string of the molecule is COc1ccccc1CNc1cc(Nc2ccc3c(c2)OCCO3)ncn1. The third kappa shape index (κ3) is 4.03. The van der Waals surface area contributed by atoms with Gasteiger partial charge in [-0.1, -0.05) is 18.2 Å². The van der Waals surface area contributed by atoms with Crippen LogP contribution in [-0.4, -0.2) is 30.3 Å². The Morgan fingerprint density at radius 2 is 1.78 bits per heavy atom. The second-order valence-corrected chi connectivity index (χ2v) is 5.94. The molecule has 1 aromatic heterocycles. The highest BCUT2D eigenvalue weighted by atomic mass is 16.6. The van der Waals surface area contributed by atoms with Crippen LogP contribution in [0.5, 0.6) is 17.2 Å². The number of nitrogens with zero attached hydrogens (tertiary/aromatic N) is 2. The van der Waals surface area contributed by atoms with E-state index < -0.39 is 0 Å². The Labute approximate surface area is 157 Å².